The van der Waals surface area contributed by atoms with Gasteiger partial charge in [0.2, 0.25) is 0 Å². The Morgan fingerprint density at radius 2 is 1.89 bits per heavy atom. The first-order chi connectivity index (χ1) is 13.6. The molecule has 0 aromatic heterocycles. The van der Waals surface area contributed by atoms with E-state index in [1.54, 1.807) is 13.2 Å². The molecule has 1 N–H and O–H groups in total. The summed E-state index contributed by atoms with van der Waals surface area (Å²) in [6.45, 7) is 6.44. The van der Waals surface area contributed by atoms with Crippen LogP contribution in [0.3, 0.4) is 0 Å². The van der Waals surface area contributed by atoms with E-state index in [9.17, 15) is 10.1 Å². The monoisotopic (exact) mass is 377 g/mol. The lowest BCUT2D eigenvalue weighted by atomic mass is 10.1. The minimum atomic E-state index is -0.381. The van der Waals surface area contributed by atoms with E-state index in [-0.39, 0.29) is 11.5 Å². The maximum Gasteiger partial charge on any atom is 0.261 e. The molecule has 0 radical (unpaired) electrons. The first-order valence-corrected chi connectivity index (χ1v) is 9.49. The average molecular weight is 377 g/mol. The van der Waals surface area contributed by atoms with Gasteiger partial charge in [-0.1, -0.05) is 30.3 Å². The Hall–Kier alpha value is -3.26. The normalized spacial score (nSPS) is 10.9. The van der Waals surface area contributed by atoms with Crippen molar-refractivity contribution in [1.29, 1.82) is 5.26 Å². The summed E-state index contributed by atoms with van der Waals surface area (Å²) in [6, 6.07) is 17.7. The first kappa shape index (κ1) is 21.0. The van der Waals surface area contributed by atoms with Gasteiger partial charge in [0.25, 0.3) is 5.91 Å². The van der Waals surface area contributed by atoms with Crippen LogP contribution in [0.25, 0.3) is 6.08 Å². The summed E-state index contributed by atoms with van der Waals surface area (Å²) in [5, 5.41) is 12.2. The molecule has 2 aromatic carbocycles. The van der Waals surface area contributed by atoms with E-state index in [4.69, 9.17) is 4.74 Å². The third kappa shape index (κ3) is 5.62. The van der Waals surface area contributed by atoms with Crippen LogP contribution in [0.4, 0.5) is 5.69 Å². The van der Waals surface area contributed by atoms with E-state index in [2.05, 4.69) is 24.1 Å². The molecule has 0 spiro atoms. The van der Waals surface area contributed by atoms with Crippen LogP contribution in [0.1, 0.15) is 25.0 Å². The largest absolute Gasteiger partial charge is 0.496 e. The molecule has 2 aromatic rings. The van der Waals surface area contributed by atoms with Crippen molar-refractivity contribution in [2.75, 3.05) is 31.6 Å². The molecular weight excluding hydrogens is 350 g/mol. The highest BCUT2D eigenvalue weighted by Gasteiger charge is 2.12. The van der Waals surface area contributed by atoms with Crippen molar-refractivity contribution < 1.29 is 9.53 Å². The molecule has 146 valence electrons. The molecule has 0 unspecified atom stereocenters. The minimum Gasteiger partial charge on any atom is -0.496 e. The number of ether oxygens (including phenoxy) is 1. The van der Waals surface area contributed by atoms with Gasteiger partial charge in [0.1, 0.15) is 17.4 Å². The maximum absolute atomic E-state index is 12.4. The van der Waals surface area contributed by atoms with Crippen molar-refractivity contribution in [3.05, 3.63) is 65.2 Å². The molecule has 0 aliphatic rings. The maximum atomic E-state index is 12.4. The van der Waals surface area contributed by atoms with Crippen LogP contribution in [0.5, 0.6) is 5.75 Å². The van der Waals surface area contributed by atoms with Crippen LogP contribution in [-0.2, 0) is 11.2 Å². The van der Waals surface area contributed by atoms with Gasteiger partial charge in [-0.2, -0.15) is 5.26 Å². The highest BCUT2D eigenvalue weighted by Crippen LogP contribution is 2.27. The molecule has 0 atom stereocenters. The number of nitrogens with one attached hydrogen (secondary N) is 1. The Bertz CT molecular complexity index is 850. The molecule has 0 aliphatic carbocycles. The summed E-state index contributed by atoms with van der Waals surface area (Å²) >= 11 is 0. The van der Waals surface area contributed by atoms with Gasteiger partial charge in [0, 0.05) is 37.0 Å². The van der Waals surface area contributed by atoms with Crippen molar-refractivity contribution in [2.45, 2.75) is 20.3 Å². The third-order valence-corrected chi connectivity index (χ3v) is 4.55. The number of amides is 1. The molecule has 5 nitrogen and oxygen atoms in total. The van der Waals surface area contributed by atoms with Gasteiger partial charge >= 0.3 is 0 Å². The second kappa shape index (κ2) is 10.8. The van der Waals surface area contributed by atoms with Crippen LogP contribution in [0.15, 0.2) is 54.1 Å². The third-order valence-electron chi connectivity index (χ3n) is 4.55. The number of benzene rings is 2. The van der Waals surface area contributed by atoms with Crippen LogP contribution in [0, 0.1) is 11.3 Å². The molecule has 0 saturated carbocycles. The SMILES string of the molecule is CCN(CC)c1ccc(/C=C(\C#N)C(=O)NCCc2ccccc2)c(OC)c1. The number of nitriles is 1. The molecular formula is C23H27N3O2. The number of anilines is 1. The van der Waals surface area contributed by atoms with Crippen molar-refractivity contribution in [3.8, 4) is 11.8 Å². The fourth-order valence-corrected chi connectivity index (χ4v) is 2.97. The Balaban J connectivity index is 2.12. The Kier molecular flexibility index (Phi) is 8.11. The molecule has 28 heavy (non-hydrogen) atoms. The number of rotatable bonds is 9. The highest BCUT2D eigenvalue weighted by atomic mass is 16.5. The lowest BCUT2D eigenvalue weighted by Gasteiger charge is -2.22. The van der Waals surface area contributed by atoms with Gasteiger partial charge in [0.05, 0.1) is 7.11 Å². The number of carbonyl (C=O) groups is 1. The molecule has 0 fully saturated rings. The highest BCUT2D eigenvalue weighted by molar-refractivity contribution is 6.02. The number of hydrogen-bond acceptors (Lipinski definition) is 4. The second-order valence-corrected chi connectivity index (χ2v) is 6.26. The Morgan fingerprint density at radius 1 is 1.18 bits per heavy atom. The zero-order chi connectivity index (χ0) is 20.4. The lowest BCUT2D eigenvalue weighted by molar-refractivity contribution is -0.117. The fraction of sp³-hybridized carbons (Fsp3) is 0.304. The van der Waals surface area contributed by atoms with E-state index >= 15 is 0 Å². The van der Waals surface area contributed by atoms with Gasteiger partial charge < -0.3 is 15.0 Å². The van der Waals surface area contributed by atoms with E-state index in [1.807, 2.05) is 54.6 Å². The summed E-state index contributed by atoms with van der Waals surface area (Å²) < 4.78 is 5.48. The summed E-state index contributed by atoms with van der Waals surface area (Å²) in [5.41, 5.74) is 2.94. The molecule has 1 amide bonds. The molecule has 0 heterocycles. The van der Waals surface area contributed by atoms with Gasteiger partial charge in [0.15, 0.2) is 0 Å². The molecule has 0 aliphatic heterocycles. The predicted octanol–water partition coefficient (Wildman–Crippen LogP) is 3.81. The summed E-state index contributed by atoms with van der Waals surface area (Å²) in [5.74, 6) is 0.252. The number of carbonyl (C=O) groups excluding carboxylic acids is 1. The molecule has 0 saturated heterocycles. The number of hydrogen-bond donors (Lipinski definition) is 1. The number of nitrogens with zero attached hydrogens (tertiary/aromatic N) is 2. The zero-order valence-corrected chi connectivity index (χ0v) is 16.7. The van der Waals surface area contributed by atoms with Crippen LogP contribution in [0.2, 0.25) is 0 Å². The van der Waals surface area contributed by atoms with Gasteiger partial charge in [-0.15, -0.1) is 0 Å². The van der Waals surface area contributed by atoms with Crippen molar-refractivity contribution >= 4 is 17.7 Å². The topological polar surface area (TPSA) is 65.4 Å². The van der Waals surface area contributed by atoms with Gasteiger partial charge in [-0.3, -0.25) is 4.79 Å². The Morgan fingerprint density at radius 3 is 2.50 bits per heavy atom. The first-order valence-electron chi connectivity index (χ1n) is 9.49. The van der Waals surface area contributed by atoms with E-state index in [0.717, 1.165) is 24.3 Å². The molecule has 0 bridgehead atoms. The summed E-state index contributed by atoms with van der Waals surface area (Å²) in [7, 11) is 1.59. The molecule has 5 heteroatoms. The van der Waals surface area contributed by atoms with Crippen molar-refractivity contribution in [2.24, 2.45) is 0 Å². The number of methoxy groups -OCH3 is 1. The van der Waals surface area contributed by atoms with E-state index in [0.29, 0.717) is 24.3 Å². The standard InChI is InChI=1S/C23H27N3O2/c1-4-26(5-2)21-12-11-19(22(16-21)28-3)15-20(17-24)23(27)25-14-13-18-9-7-6-8-10-18/h6-12,15-16H,4-5,13-14H2,1-3H3,(H,25,27)/b20-15+. The van der Waals surface area contributed by atoms with E-state index < -0.39 is 0 Å². The van der Waals surface area contributed by atoms with Crippen molar-refractivity contribution in [1.82, 2.24) is 5.32 Å². The zero-order valence-electron chi connectivity index (χ0n) is 16.7. The lowest BCUT2D eigenvalue weighted by Crippen LogP contribution is -2.26. The van der Waals surface area contributed by atoms with Gasteiger partial charge in [-0.25, -0.2) is 0 Å². The van der Waals surface area contributed by atoms with Crippen molar-refractivity contribution in [3.63, 3.8) is 0 Å². The summed E-state index contributed by atoms with van der Waals surface area (Å²) in [6.07, 6.45) is 2.29. The predicted molar refractivity (Wildman–Crippen MR) is 113 cm³/mol. The fourth-order valence-electron chi connectivity index (χ4n) is 2.97. The molecule has 2 rings (SSSR count). The summed E-state index contributed by atoms with van der Waals surface area (Å²) in [4.78, 5) is 14.6. The second-order valence-electron chi connectivity index (χ2n) is 6.26. The average Bonchev–Trinajstić information content (AvgIpc) is 2.74. The minimum absolute atomic E-state index is 0.0574. The van der Waals surface area contributed by atoms with Crippen LogP contribution < -0.4 is 15.0 Å². The van der Waals surface area contributed by atoms with E-state index in [1.165, 1.54) is 0 Å². The van der Waals surface area contributed by atoms with Gasteiger partial charge in [-0.05, 0) is 44.0 Å². The van der Waals surface area contributed by atoms with Crippen LogP contribution >= 0.6 is 0 Å². The smallest absolute Gasteiger partial charge is 0.261 e. The Labute approximate surface area is 167 Å². The quantitative estimate of drug-likeness (QED) is 0.533. The van der Waals surface area contributed by atoms with Crippen LogP contribution in [-0.4, -0.2) is 32.7 Å².